The molecule has 0 aromatic rings. The Labute approximate surface area is 79.2 Å². The van der Waals surface area contributed by atoms with Crippen molar-refractivity contribution in [1.29, 1.82) is 0 Å². The molecule has 0 saturated carbocycles. The molecular weight excluding hydrogens is 222 g/mol. The standard InChI is InChI=1S/C6H14.Sm/c1-3-5-6-4-2;/h3-6H2,1-2H3;. The third-order valence-electron chi connectivity index (χ3n) is 0.957. The van der Waals surface area contributed by atoms with Crippen LogP contribution in [0.2, 0.25) is 0 Å². The van der Waals surface area contributed by atoms with Gasteiger partial charge in [0.25, 0.3) is 0 Å². The van der Waals surface area contributed by atoms with Gasteiger partial charge >= 0.3 is 0 Å². The van der Waals surface area contributed by atoms with Crippen molar-refractivity contribution < 1.29 is 40.4 Å². The molecule has 0 saturated heterocycles. The molecule has 1 heteroatoms. The van der Waals surface area contributed by atoms with E-state index < -0.39 is 0 Å². The van der Waals surface area contributed by atoms with Crippen molar-refractivity contribution in [2.75, 3.05) is 0 Å². The van der Waals surface area contributed by atoms with Crippen molar-refractivity contribution in [2.24, 2.45) is 0 Å². The summed E-state index contributed by atoms with van der Waals surface area (Å²) in [6.45, 7) is 4.46. The summed E-state index contributed by atoms with van der Waals surface area (Å²) < 4.78 is 0. The molecule has 0 aromatic carbocycles. The molecule has 0 bridgehead atoms. The van der Waals surface area contributed by atoms with E-state index in [1.54, 1.807) is 0 Å². The van der Waals surface area contributed by atoms with E-state index in [9.17, 15) is 0 Å². The van der Waals surface area contributed by atoms with E-state index in [0.29, 0.717) is 0 Å². The average Bonchev–Trinajstić information content (AvgIpc) is 1.61. The van der Waals surface area contributed by atoms with Crippen LogP contribution in [0.15, 0.2) is 0 Å². The number of rotatable bonds is 3. The maximum Gasteiger partial charge on any atom is 0 e. The van der Waals surface area contributed by atoms with Crippen molar-refractivity contribution in [2.45, 2.75) is 39.5 Å². The summed E-state index contributed by atoms with van der Waals surface area (Å²) in [6, 6.07) is 0. The number of hydrogen-bond acceptors (Lipinski definition) is 0. The molecule has 0 aromatic heterocycles. The van der Waals surface area contributed by atoms with Crippen LogP contribution in [0.25, 0.3) is 0 Å². The van der Waals surface area contributed by atoms with E-state index in [1.165, 1.54) is 25.7 Å². The average molecular weight is 237 g/mol. The Morgan fingerprint density at radius 3 is 1.29 bits per heavy atom. The summed E-state index contributed by atoms with van der Waals surface area (Å²) in [6.07, 6.45) is 5.54. The van der Waals surface area contributed by atoms with Crippen LogP contribution in [0, 0.1) is 40.4 Å². The van der Waals surface area contributed by atoms with E-state index in [1.807, 2.05) is 0 Å². The van der Waals surface area contributed by atoms with E-state index in [2.05, 4.69) is 13.8 Å². The number of hydrogen-bond donors (Lipinski definition) is 0. The molecule has 0 N–H and O–H groups in total. The second-order valence-corrected chi connectivity index (χ2v) is 1.71. The fourth-order valence-corrected chi connectivity index (χ4v) is 0.500. The molecule has 0 spiro atoms. The second-order valence-electron chi connectivity index (χ2n) is 1.71. The van der Waals surface area contributed by atoms with Gasteiger partial charge in [-0.1, -0.05) is 39.5 Å². The summed E-state index contributed by atoms with van der Waals surface area (Å²) in [4.78, 5) is 0. The Hall–Kier alpha value is 1.34. The Morgan fingerprint density at radius 2 is 1.14 bits per heavy atom. The molecule has 0 atom stereocenters. The third-order valence-corrected chi connectivity index (χ3v) is 0.957. The van der Waals surface area contributed by atoms with Crippen LogP contribution < -0.4 is 0 Å². The van der Waals surface area contributed by atoms with Gasteiger partial charge in [0.15, 0.2) is 0 Å². The fraction of sp³-hybridized carbons (Fsp3) is 1.00. The van der Waals surface area contributed by atoms with Crippen LogP contribution in [0.4, 0.5) is 0 Å². The van der Waals surface area contributed by atoms with E-state index >= 15 is 0 Å². The zero-order valence-corrected chi connectivity index (χ0v) is 7.86. The summed E-state index contributed by atoms with van der Waals surface area (Å²) in [7, 11) is 0. The third kappa shape index (κ3) is 11.1. The molecule has 0 aliphatic rings. The van der Waals surface area contributed by atoms with Crippen LogP contribution in [-0.2, 0) is 0 Å². The molecule has 0 aliphatic carbocycles. The molecule has 0 fully saturated rings. The van der Waals surface area contributed by atoms with Gasteiger partial charge in [-0.05, 0) is 0 Å². The second kappa shape index (κ2) is 10.3. The van der Waals surface area contributed by atoms with Crippen LogP contribution in [0.5, 0.6) is 0 Å². The molecule has 0 aliphatic heterocycles. The van der Waals surface area contributed by atoms with Gasteiger partial charge in [-0.2, -0.15) is 0 Å². The van der Waals surface area contributed by atoms with Gasteiger partial charge < -0.3 is 0 Å². The van der Waals surface area contributed by atoms with Crippen LogP contribution in [-0.4, -0.2) is 0 Å². The zero-order valence-electron chi connectivity index (χ0n) is 5.24. The molecule has 0 nitrogen and oxygen atoms in total. The van der Waals surface area contributed by atoms with E-state index in [4.69, 9.17) is 0 Å². The SMILES string of the molecule is CCCCCC.[Sm]. The monoisotopic (exact) mass is 238 g/mol. The molecule has 0 heterocycles. The van der Waals surface area contributed by atoms with Crippen molar-refractivity contribution in [1.82, 2.24) is 0 Å². The summed E-state index contributed by atoms with van der Waals surface area (Å²) in [5.41, 5.74) is 0. The normalized spacial score (nSPS) is 7.71. The van der Waals surface area contributed by atoms with Gasteiger partial charge in [0, 0.05) is 40.4 Å². The Bertz CT molecular complexity index is 16.1. The van der Waals surface area contributed by atoms with Crippen LogP contribution in [0.1, 0.15) is 39.5 Å². The van der Waals surface area contributed by atoms with Crippen LogP contribution >= 0.6 is 0 Å². The minimum absolute atomic E-state index is 0. The van der Waals surface area contributed by atoms with E-state index in [0.717, 1.165) is 0 Å². The Kier molecular flexibility index (Phi) is 16.5. The summed E-state index contributed by atoms with van der Waals surface area (Å²) >= 11 is 0. The minimum Gasteiger partial charge on any atom is -0.0654 e. The quantitative estimate of drug-likeness (QED) is 0.661. The number of unbranched alkanes of at least 4 members (excludes halogenated alkanes) is 3. The van der Waals surface area contributed by atoms with E-state index in [-0.39, 0.29) is 40.4 Å². The van der Waals surface area contributed by atoms with Gasteiger partial charge in [0.05, 0.1) is 0 Å². The predicted octanol–water partition coefficient (Wildman–Crippen LogP) is 2.59. The van der Waals surface area contributed by atoms with Crippen molar-refractivity contribution in [3.8, 4) is 0 Å². The predicted molar refractivity (Wildman–Crippen MR) is 29.8 cm³/mol. The first-order chi connectivity index (χ1) is 2.91. The molecule has 0 radical (unpaired) electrons. The van der Waals surface area contributed by atoms with Gasteiger partial charge in [0.1, 0.15) is 0 Å². The maximum absolute atomic E-state index is 2.23. The first-order valence-electron chi connectivity index (χ1n) is 2.91. The first-order valence-corrected chi connectivity index (χ1v) is 2.91. The molecule has 44 valence electrons. The van der Waals surface area contributed by atoms with Gasteiger partial charge in [-0.15, -0.1) is 0 Å². The minimum atomic E-state index is 0. The molecule has 0 unspecified atom stereocenters. The van der Waals surface area contributed by atoms with Crippen molar-refractivity contribution >= 4 is 0 Å². The van der Waals surface area contributed by atoms with Gasteiger partial charge in [-0.25, -0.2) is 0 Å². The maximum atomic E-state index is 2.23. The zero-order chi connectivity index (χ0) is 4.83. The first kappa shape index (κ1) is 11.2. The topological polar surface area (TPSA) is 0 Å². The summed E-state index contributed by atoms with van der Waals surface area (Å²) in [5, 5.41) is 0. The Balaban J connectivity index is 0. The Morgan fingerprint density at radius 1 is 0.857 bits per heavy atom. The summed E-state index contributed by atoms with van der Waals surface area (Å²) in [5.74, 6) is 0. The smallest absolute Gasteiger partial charge is 0 e. The molecule has 0 rings (SSSR count). The van der Waals surface area contributed by atoms with Gasteiger partial charge in [-0.3, -0.25) is 0 Å². The molecular formula is C6H14Sm. The van der Waals surface area contributed by atoms with Crippen LogP contribution in [0.3, 0.4) is 0 Å². The fourth-order valence-electron chi connectivity index (χ4n) is 0.500. The molecule has 0 amide bonds. The largest absolute Gasteiger partial charge is 0.0654 e. The van der Waals surface area contributed by atoms with Crippen molar-refractivity contribution in [3.05, 3.63) is 0 Å². The molecule has 7 heavy (non-hydrogen) atoms. The van der Waals surface area contributed by atoms with Gasteiger partial charge in [0.2, 0.25) is 0 Å². The van der Waals surface area contributed by atoms with Crippen molar-refractivity contribution in [3.63, 3.8) is 0 Å².